The van der Waals surface area contributed by atoms with E-state index in [-0.39, 0.29) is 6.61 Å². The Kier molecular flexibility index (Phi) is 5.02. The van der Waals surface area contributed by atoms with Gasteiger partial charge in [-0.25, -0.2) is 0 Å². The van der Waals surface area contributed by atoms with Gasteiger partial charge in [-0.05, 0) is 38.8 Å². The fraction of sp³-hybridized carbons (Fsp3) is 0.533. The second-order valence-electron chi connectivity index (χ2n) is 6.01. The number of aliphatic carboxylic acids is 1. The summed E-state index contributed by atoms with van der Waals surface area (Å²) in [4.78, 5) is 11.1. The fourth-order valence-corrected chi connectivity index (χ4v) is 2.35. The zero-order chi connectivity index (χ0) is 15.6. The van der Waals surface area contributed by atoms with Crippen LogP contribution in [0.3, 0.4) is 0 Å². The van der Waals surface area contributed by atoms with Crippen LogP contribution in [0.2, 0.25) is 10.0 Å². The van der Waals surface area contributed by atoms with Gasteiger partial charge in [0.15, 0.2) is 0 Å². The number of benzene rings is 1. The lowest BCUT2D eigenvalue weighted by Crippen LogP contribution is -2.31. The van der Waals surface area contributed by atoms with Gasteiger partial charge in [0.05, 0.1) is 10.4 Å². The number of carboxylic acid groups (broad SMARTS) is 1. The third-order valence-corrected chi connectivity index (χ3v) is 3.90. The number of carbonyl (C=O) groups is 1. The molecule has 0 aliphatic heterocycles. The number of nitrogens with one attached hydrogen (secondary N) is 1. The quantitative estimate of drug-likeness (QED) is 0.799. The molecule has 1 aliphatic carbocycles. The molecule has 1 saturated carbocycles. The Labute approximate surface area is 134 Å². The van der Waals surface area contributed by atoms with E-state index in [2.05, 4.69) is 5.32 Å². The molecule has 1 aliphatic rings. The molecule has 116 valence electrons. The summed E-state index contributed by atoms with van der Waals surface area (Å²) in [6, 6.07) is 3.95. The van der Waals surface area contributed by atoms with Gasteiger partial charge in [-0.3, -0.25) is 4.79 Å². The molecule has 1 aromatic rings. The first-order valence-electron chi connectivity index (χ1n) is 6.87. The molecule has 2 N–H and O–H groups in total. The van der Waals surface area contributed by atoms with E-state index in [1.807, 2.05) is 0 Å². The Bertz CT molecular complexity index is 542. The fourth-order valence-electron chi connectivity index (χ4n) is 1.76. The van der Waals surface area contributed by atoms with E-state index in [4.69, 9.17) is 33.0 Å². The van der Waals surface area contributed by atoms with Crippen LogP contribution in [0.25, 0.3) is 0 Å². The Morgan fingerprint density at radius 2 is 2.10 bits per heavy atom. The van der Waals surface area contributed by atoms with Gasteiger partial charge in [0.1, 0.15) is 12.4 Å². The highest BCUT2D eigenvalue weighted by Crippen LogP contribution is 2.34. The lowest BCUT2D eigenvalue weighted by molar-refractivity contribution is -0.148. The van der Waals surface area contributed by atoms with Crippen LogP contribution in [0.1, 0.15) is 32.3 Å². The van der Waals surface area contributed by atoms with Crippen LogP contribution in [0.4, 0.5) is 0 Å². The Hall–Kier alpha value is -0.970. The first kappa shape index (κ1) is 16.4. The van der Waals surface area contributed by atoms with E-state index in [0.717, 1.165) is 5.56 Å². The summed E-state index contributed by atoms with van der Waals surface area (Å²) in [6.07, 6.45) is 2.35. The van der Waals surface area contributed by atoms with E-state index in [9.17, 15) is 4.79 Å². The van der Waals surface area contributed by atoms with Crippen molar-refractivity contribution in [1.82, 2.24) is 5.32 Å². The van der Waals surface area contributed by atoms with Crippen molar-refractivity contribution in [3.63, 3.8) is 0 Å². The Balaban J connectivity index is 2.13. The van der Waals surface area contributed by atoms with Gasteiger partial charge in [-0.15, -0.1) is 0 Å². The minimum absolute atomic E-state index is 0.0418. The highest BCUT2D eigenvalue weighted by Gasteiger charge is 2.29. The highest BCUT2D eigenvalue weighted by molar-refractivity contribution is 6.35. The Morgan fingerprint density at radius 1 is 1.43 bits per heavy atom. The molecular weight excluding hydrogens is 313 g/mol. The number of halogens is 2. The van der Waals surface area contributed by atoms with Gasteiger partial charge >= 0.3 is 5.97 Å². The number of ether oxygens (including phenoxy) is 1. The van der Waals surface area contributed by atoms with Crippen molar-refractivity contribution in [3.05, 3.63) is 27.7 Å². The second kappa shape index (κ2) is 6.42. The molecule has 1 aromatic carbocycles. The third-order valence-electron chi connectivity index (χ3n) is 3.40. The number of carboxylic acids is 1. The van der Waals surface area contributed by atoms with E-state index in [0.29, 0.717) is 28.4 Å². The molecule has 1 fully saturated rings. The van der Waals surface area contributed by atoms with Gasteiger partial charge in [-0.2, -0.15) is 0 Å². The topological polar surface area (TPSA) is 58.6 Å². The molecule has 0 radical (unpaired) electrons. The van der Waals surface area contributed by atoms with Crippen LogP contribution in [0.15, 0.2) is 12.1 Å². The number of hydrogen-bond acceptors (Lipinski definition) is 3. The van der Waals surface area contributed by atoms with Crippen molar-refractivity contribution >= 4 is 29.2 Å². The molecule has 0 amide bonds. The molecule has 0 spiro atoms. The molecule has 0 unspecified atom stereocenters. The number of hydrogen-bond donors (Lipinski definition) is 2. The average molecular weight is 332 g/mol. The van der Waals surface area contributed by atoms with Crippen molar-refractivity contribution in [1.29, 1.82) is 0 Å². The first-order valence-corrected chi connectivity index (χ1v) is 7.62. The summed E-state index contributed by atoms with van der Waals surface area (Å²) >= 11 is 12.2. The maximum absolute atomic E-state index is 11.1. The summed E-state index contributed by atoms with van der Waals surface area (Å²) in [5.41, 5.74) is -0.134. The highest BCUT2D eigenvalue weighted by atomic mass is 35.5. The van der Waals surface area contributed by atoms with Crippen LogP contribution in [0.5, 0.6) is 5.75 Å². The maximum Gasteiger partial charge on any atom is 0.312 e. The predicted molar refractivity (Wildman–Crippen MR) is 83.2 cm³/mol. The minimum atomic E-state index is -0.982. The van der Waals surface area contributed by atoms with Crippen LogP contribution >= 0.6 is 23.2 Å². The van der Waals surface area contributed by atoms with Crippen LogP contribution in [-0.4, -0.2) is 23.7 Å². The van der Waals surface area contributed by atoms with E-state index >= 15 is 0 Å². The van der Waals surface area contributed by atoms with Crippen molar-refractivity contribution in [2.45, 2.75) is 39.3 Å². The lowest BCUT2D eigenvalue weighted by atomic mass is 9.95. The maximum atomic E-state index is 11.1. The molecule has 0 bridgehead atoms. The SMILES string of the molecule is CC(C)(COc1c(Cl)cc(Cl)cc1CNC1CC1)C(=O)O. The van der Waals surface area contributed by atoms with E-state index in [1.54, 1.807) is 26.0 Å². The third kappa shape index (κ3) is 4.50. The monoisotopic (exact) mass is 331 g/mol. The summed E-state index contributed by atoms with van der Waals surface area (Å²) < 4.78 is 5.69. The van der Waals surface area contributed by atoms with Crippen molar-refractivity contribution in [2.24, 2.45) is 5.41 Å². The molecule has 6 heteroatoms. The molecule has 0 aromatic heterocycles. The zero-order valence-electron chi connectivity index (χ0n) is 12.1. The molecule has 0 heterocycles. The van der Waals surface area contributed by atoms with Gasteiger partial charge < -0.3 is 15.2 Å². The standard InChI is InChI=1S/C15H19Cl2NO3/c1-15(2,14(19)20)8-21-13-9(7-18-11-3-4-11)5-10(16)6-12(13)17/h5-6,11,18H,3-4,7-8H2,1-2H3,(H,19,20). The summed E-state index contributed by atoms with van der Waals surface area (Å²) in [5.74, 6) is -0.409. The Morgan fingerprint density at radius 3 is 2.67 bits per heavy atom. The predicted octanol–water partition coefficient (Wildman–Crippen LogP) is 3.74. The summed E-state index contributed by atoms with van der Waals surface area (Å²) in [7, 11) is 0. The number of rotatable bonds is 7. The van der Waals surface area contributed by atoms with Gasteiger partial charge in [0.2, 0.25) is 0 Å². The average Bonchev–Trinajstić information content (AvgIpc) is 3.18. The van der Waals surface area contributed by atoms with Crippen molar-refractivity contribution in [3.8, 4) is 5.75 Å². The summed E-state index contributed by atoms with van der Waals surface area (Å²) in [5, 5.41) is 13.5. The lowest BCUT2D eigenvalue weighted by Gasteiger charge is -2.22. The molecule has 2 rings (SSSR count). The van der Waals surface area contributed by atoms with Gasteiger partial charge in [0, 0.05) is 23.2 Å². The smallest absolute Gasteiger partial charge is 0.312 e. The van der Waals surface area contributed by atoms with Gasteiger partial charge in [-0.1, -0.05) is 23.2 Å². The van der Waals surface area contributed by atoms with Crippen LogP contribution < -0.4 is 10.1 Å². The molecular formula is C15H19Cl2NO3. The summed E-state index contributed by atoms with van der Waals surface area (Å²) in [6.45, 7) is 3.87. The zero-order valence-corrected chi connectivity index (χ0v) is 13.6. The van der Waals surface area contributed by atoms with Crippen LogP contribution in [-0.2, 0) is 11.3 Å². The van der Waals surface area contributed by atoms with Crippen molar-refractivity contribution < 1.29 is 14.6 Å². The first-order chi connectivity index (χ1) is 9.79. The van der Waals surface area contributed by atoms with E-state index in [1.165, 1.54) is 12.8 Å². The van der Waals surface area contributed by atoms with Crippen molar-refractivity contribution in [2.75, 3.05) is 6.61 Å². The molecule has 4 nitrogen and oxygen atoms in total. The largest absolute Gasteiger partial charge is 0.491 e. The van der Waals surface area contributed by atoms with Gasteiger partial charge in [0.25, 0.3) is 0 Å². The molecule has 0 atom stereocenters. The van der Waals surface area contributed by atoms with Crippen LogP contribution in [0, 0.1) is 5.41 Å². The second-order valence-corrected chi connectivity index (χ2v) is 6.85. The molecule has 21 heavy (non-hydrogen) atoms. The molecule has 0 saturated heterocycles. The normalized spacial score (nSPS) is 15.0. The minimum Gasteiger partial charge on any atom is -0.491 e. The van der Waals surface area contributed by atoms with E-state index < -0.39 is 11.4 Å².